The van der Waals surface area contributed by atoms with Gasteiger partial charge in [0.1, 0.15) is 24.7 Å². The minimum atomic E-state index is -0.510. The Hall–Kier alpha value is -1.85. The van der Waals surface area contributed by atoms with Crippen LogP contribution >= 0.6 is 0 Å². The summed E-state index contributed by atoms with van der Waals surface area (Å²) in [4.78, 5) is 0. The highest BCUT2D eigenvalue weighted by atomic mass is 16.5. The van der Waals surface area contributed by atoms with Gasteiger partial charge >= 0.3 is 0 Å². The zero-order valence-electron chi connectivity index (χ0n) is 11.0. The Kier molecular flexibility index (Phi) is 4.54. The number of hydrogen-bond acceptors (Lipinski definition) is 5. The van der Waals surface area contributed by atoms with E-state index in [4.69, 9.17) is 14.0 Å². The molecule has 0 spiro atoms. The van der Waals surface area contributed by atoms with E-state index in [1.807, 2.05) is 18.2 Å². The van der Waals surface area contributed by atoms with Gasteiger partial charge in [0, 0.05) is 13.2 Å². The molecule has 1 N–H and O–H groups in total. The van der Waals surface area contributed by atoms with Crippen LogP contribution in [0.15, 0.2) is 34.9 Å². The SMILES string of the molecule is COCc1cc(COc2cccc([C@H](C)O)c2)no1. The van der Waals surface area contributed by atoms with Crippen molar-refractivity contribution in [3.8, 4) is 5.75 Å². The predicted octanol–water partition coefficient (Wildman–Crippen LogP) is 2.45. The molecular formula is C14H17NO4. The fourth-order valence-corrected chi connectivity index (χ4v) is 1.66. The third kappa shape index (κ3) is 3.81. The number of nitrogens with zero attached hydrogens (tertiary/aromatic N) is 1. The van der Waals surface area contributed by atoms with Gasteiger partial charge in [0.15, 0.2) is 5.76 Å². The molecule has 5 heteroatoms. The zero-order chi connectivity index (χ0) is 13.7. The van der Waals surface area contributed by atoms with Crippen molar-refractivity contribution in [2.24, 2.45) is 0 Å². The number of aliphatic hydroxyl groups is 1. The van der Waals surface area contributed by atoms with Crippen LogP contribution in [0.4, 0.5) is 0 Å². The number of methoxy groups -OCH3 is 1. The number of ether oxygens (including phenoxy) is 2. The van der Waals surface area contributed by atoms with Crippen LogP contribution < -0.4 is 4.74 Å². The number of aliphatic hydroxyl groups excluding tert-OH is 1. The van der Waals surface area contributed by atoms with Crippen molar-refractivity contribution in [3.63, 3.8) is 0 Å². The van der Waals surface area contributed by atoms with E-state index in [2.05, 4.69) is 5.16 Å². The maximum Gasteiger partial charge on any atom is 0.162 e. The van der Waals surface area contributed by atoms with Gasteiger partial charge in [-0.15, -0.1) is 0 Å². The summed E-state index contributed by atoms with van der Waals surface area (Å²) >= 11 is 0. The van der Waals surface area contributed by atoms with E-state index < -0.39 is 6.10 Å². The van der Waals surface area contributed by atoms with Gasteiger partial charge in [0.05, 0.1) is 6.10 Å². The topological polar surface area (TPSA) is 64.7 Å². The molecule has 5 nitrogen and oxygen atoms in total. The quantitative estimate of drug-likeness (QED) is 0.867. The number of hydrogen-bond donors (Lipinski definition) is 1. The molecule has 2 rings (SSSR count). The highest BCUT2D eigenvalue weighted by molar-refractivity contribution is 5.29. The summed E-state index contributed by atoms with van der Waals surface area (Å²) in [5.74, 6) is 1.36. The Morgan fingerprint density at radius 3 is 2.89 bits per heavy atom. The monoisotopic (exact) mass is 263 g/mol. The fraction of sp³-hybridized carbons (Fsp3) is 0.357. The van der Waals surface area contributed by atoms with Crippen molar-refractivity contribution >= 4 is 0 Å². The normalized spacial score (nSPS) is 12.4. The minimum absolute atomic E-state index is 0.316. The van der Waals surface area contributed by atoms with Gasteiger partial charge in [-0.2, -0.15) is 0 Å². The molecule has 0 saturated heterocycles. The second kappa shape index (κ2) is 6.36. The van der Waals surface area contributed by atoms with Crippen LogP contribution in [0, 0.1) is 0 Å². The van der Waals surface area contributed by atoms with Gasteiger partial charge in [0.2, 0.25) is 0 Å². The molecule has 0 radical (unpaired) electrons. The van der Waals surface area contributed by atoms with Crippen LogP contribution in [0.1, 0.15) is 30.0 Å². The number of aromatic nitrogens is 1. The predicted molar refractivity (Wildman–Crippen MR) is 68.6 cm³/mol. The van der Waals surface area contributed by atoms with Crippen LogP contribution in [0.3, 0.4) is 0 Å². The highest BCUT2D eigenvalue weighted by Gasteiger charge is 2.06. The molecule has 19 heavy (non-hydrogen) atoms. The first-order chi connectivity index (χ1) is 9.19. The van der Waals surface area contributed by atoms with Crippen molar-refractivity contribution in [1.82, 2.24) is 5.16 Å². The van der Waals surface area contributed by atoms with Crippen molar-refractivity contribution in [2.75, 3.05) is 7.11 Å². The Morgan fingerprint density at radius 1 is 1.32 bits per heavy atom. The van der Waals surface area contributed by atoms with Crippen LogP contribution in [-0.2, 0) is 18.0 Å². The lowest BCUT2D eigenvalue weighted by Gasteiger charge is -2.08. The van der Waals surface area contributed by atoms with Gasteiger partial charge in [0.25, 0.3) is 0 Å². The van der Waals surface area contributed by atoms with E-state index >= 15 is 0 Å². The van der Waals surface area contributed by atoms with Crippen LogP contribution in [0.25, 0.3) is 0 Å². The standard InChI is InChI=1S/C14H17NO4/c1-10(16)11-4-3-5-13(6-11)18-8-12-7-14(9-17-2)19-15-12/h3-7,10,16H,8-9H2,1-2H3/t10-/m0/s1. The molecule has 1 atom stereocenters. The van der Waals surface area contributed by atoms with Crippen molar-refractivity contribution in [3.05, 3.63) is 47.3 Å². The summed E-state index contributed by atoms with van der Waals surface area (Å²) in [6.45, 7) is 2.43. The molecule has 0 aliphatic rings. The smallest absolute Gasteiger partial charge is 0.162 e. The first-order valence-corrected chi connectivity index (χ1v) is 6.03. The van der Waals surface area contributed by atoms with E-state index in [1.165, 1.54) is 0 Å². The van der Waals surface area contributed by atoms with E-state index in [1.54, 1.807) is 26.2 Å². The highest BCUT2D eigenvalue weighted by Crippen LogP contribution is 2.19. The fourth-order valence-electron chi connectivity index (χ4n) is 1.66. The molecule has 102 valence electrons. The molecule has 0 aliphatic carbocycles. The minimum Gasteiger partial charge on any atom is -0.487 e. The maximum atomic E-state index is 9.50. The largest absolute Gasteiger partial charge is 0.487 e. The van der Waals surface area contributed by atoms with E-state index in [0.29, 0.717) is 30.4 Å². The van der Waals surface area contributed by atoms with Crippen molar-refractivity contribution in [1.29, 1.82) is 0 Å². The van der Waals surface area contributed by atoms with E-state index in [9.17, 15) is 5.11 Å². The average molecular weight is 263 g/mol. The molecular weight excluding hydrogens is 246 g/mol. The van der Waals surface area contributed by atoms with Crippen molar-refractivity contribution in [2.45, 2.75) is 26.2 Å². The molecule has 1 aromatic carbocycles. The van der Waals surface area contributed by atoms with Crippen LogP contribution in [0.2, 0.25) is 0 Å². The lowest BCUT2D eigenvalue weighted by Crippen LogP contribution is -1.97. The molecule has 2 aromatic rings. The van der Waals surface area contributed by atoms with Crippen molar-refractivity contribution < 1.29 is 19.1 Å². The van der Waals surface area contributed by atoms with Gasteiger partial charge in [-0.3, -0.25) is 0 Å². The number of benzene rings is 1. The Labute approximate surface area is 111 Å². The van der Waals surface area contributed by atoms with Gasteiger partial charge in [-0.1, -0.05) is 17.3 Å². The second-order valence-corrected chi connectivity index (χ2v) is 4.25. The Balaban J connectivity index is 1.95. The molecule has 1 aromatic heterocycles. The zero-order valence-corrected chi connectivity index (χ0v) is 11.0. The van der Waals surface area contributed by atoms with Crippen LogP contribution in [0.5, 0.6) is 5.75 Å². The lowest BCUT2D eigenvalue weighted by atomic mass is 10.1. The summed E-state index contributed by atoms with van der Waals surface area (Å²) < 4.78 is 15.6. The van der Waals surface area contributed by atoms with E-state index in [-0.39, 0.29) is 0 Å². The summed E-state index contributed by atoms with van der Waals surface area (Å²) in [5, 5.41) is 13.4. The molecule has 0 amide bonds. The second-order valence-electron chi connectivity index (χ2n) is 4.25. The maximum absolute atomic E-state index is 9.50. The Bertz CT molecular complexity index is 522. The molecule has 0 bridgehead atoms. The van der Waals surface area contributed by atoms with Gasteiger partial charge in [-0.05, 0) is 24.6 Å². The third-order valence-electron chi connectivity index (χ3n) is 2.62. The molecule has 0 saturated carbocycles. The molecule has 0 fully saturated rings. The first-order valence-electron chi connectivity index (χ1n) is 6.03. The van der Waals surface area contributed by atoms with E-state index in [0.717, 1.165) is 5.56 Å². The summed E-state index contributed by atoms with van der Waals surface area (Å²) in [6, 6.07) is 9.13. The lowest BCUT2D eigenvalue weighted by molar-refractivity contribution is 0.155. The third-order valence-corrected chi connectivity index (χ3v) is 2.62. The Morgan fingerprint density at radius 2 is 2.16 bits per heavy atom. The summed E-state index contributed by atoms with van der Waals surface area (Å²) in [6.07, 6.45) is -0.510. The molecule has 0 unspecified atom stereocenters. The van der Waals surface area contributed by atoms with Gasteiger partial charge in [-0.25, -0.2) is 0 Å². The van der Waals surface area contributed by atoms with Crippen LogP contribution in [-0.4, -0.2) is 17.4 Å². The summed E-state index contributed by atoms with van der Waals surface area (Å²) in [7, 11) is 1.60. The molecule has 0 aliphatic heterocycles. The number of rotatable bonds is 6. The van der Waals surface area contributed by atoms with Gasteiger partial charge < -0.3 is 19.1 Å². The summed E-state index contributed by atoms with van der Waals surface area (Å²) in [5.41, 5.74) is 1.52. The molecule has 1 heterocycles. The average Bonchev–Trinajstić information content (AvgIpc) is 2.85. The first kappa shape index (κ1) is 13.6.